The van der Waals surface area contributed by atoms with Crippen LogP contribution < -0.4 is 0 Å². The van der Waals surface area contributed by atoms with E-state index in [1.165, 1.54) is 6.07 Å². The Morgan fingerprint density at radius 3 is 2.47 bits per heavy atom. The first-order chi connectivity index (χ1) is 14.4. The van der Waals surface area contributed by atoms with Crippen molar-refractivity contribution in [1.29, 1.82) is 0 Å². The summed E-state index contributed by atoms with van der Waals surface area (Å²) in [4.78, 5) is 23.6. The maximum Gasteiger partial charge on any atom is 0.305 e. The Hall–Kier alpha value is -1.89. The van der Waals surface area contributed by atoms with Crippen molar-refractivity contribution in [1.82, 2.24) is 4.57 Å². The minimum absolute atomic E-state index is 0.197. The number of aromatic nitrogens is 1. The van der Waals surface area contributed by atoms with Gasteiger partial charge in [0.05, 0.1) is 18.7 Å². The van der Waals surface area contributed by atoms with Crippen LogP contribution >= 0.6 is 15.9 Å². The van der Waals surface area contributed by atoms with E-state index in [0.717, 1.165) is 34.1 Å². The van der Waals surface area contributed by atoms with Gasteiger partial charge in [-0.2, -0.15) is 0 Å². The summed E-state index contributed by atoms with van der Waals surface area (Å²) in [5.41, 5.74) is 2.65. The third kappa shape index (κ3) is 6.30. The van der Waals surface area contributed by atoms with Crippen molar-refractivity contribution in [3.05, 3.63) is 33.7 Å². The van der Waals surface area contributed by atoms with Gasteiger partial charge in [0.2, 0.25) is 0 Å². The summed E-state index contributed by atoms with van der Waals surface area (Å²) < 4.78 is 27.8. The van der Waals surface area contributed by atoms with Crippen LogP contribution in [0.4, 0.5) is 4.39 Å². The number of nitrogens with zero attached hydrogens (tertiary/aromatic N) is 1. The van der Waals surface area contributed by atoms with Crippen LogP contribution in [-0.2, 0) is 32.0 Å². The Balaban J connectivity index is 2.16. The lowest BCUT2D eigenvalue weighted by Crippen LogP contribution is -2.08. The van der Waals surface area contributed by atoms with Gasteiger partial charge < -0.3 is 14.0 Å². The van der Waals surface area contributed by atoms with E-state index in [9.17, 15) is 14.0 Å². The standard InChI is InChI=1S/C23H31BrFNO4/c1-4-6-15-30-21(28)11-8-14-26-16(3)17(9-7-10-20(27)29-5-2)22-19(25)13-12-18(24)23(22)26/h12-13H,4-11,14-15H2,1-3H3. The lowest BCUT2D eigenvalue weighted by Gasteiger charge is -2.10. The minimum Gasteiger partial charge on any atom is -0.466 e. The van der Waals surface area contributed by atoms with Crippen LogP contribution in [0.1, 0.15) is 63.6 Å². The molecule has 0 aliphatic heterocycles. The number of esters is 2. The molecule has 0 atom stereocenters. The van der Waals surface area contributed by atoms with Crippen molar-refractivity contribution >= 4 is 38.8 Å². The van der Waals surface area contributed by atoms with Crippen LogP contribution in [0, 0.1) is 12.7 Å². The maximum absolute atomic E-state index is 14.8. The normalized spacial score (nSPS) is 11.1. The average Bonchev–Trinajstić information content (AvgIpc) is 2.98. The molecular formula is C23H31BrFNO4. The largest absolute Gasteiger partial charge is 0.466 e. The Bertz CT molecular complexity index is 878. The monoisotopic (exact) mass is 483 g/mol. The predicted octanol–water partition coefficient (Wildman–Crippen LogP) is 5.86. The van der Waals surface area contributed by atoms with Crippen molar-refractivity contribution in [2.24, 2.45) is 0 Å². The van der Waals surface area contributed by atoms with Gasteiger partial charge in [-0.15, -0.1) is 0 Å². The van der Waals surface area contributed by atoms with Crippen molar-refractivity contribution in [3.8, 4) is 0 Å². The number of hydrogen-bond acceptors (Lipinski definition) is 4. The van der Waals surface area contributed by atoms with Crippen LogP contribution in [-0.4, -0.2) is 29.7 Å². The molecule has 2 aromatic rings. The molecule has 0 aliphatic carbocycles. The molecule has 0 bridgehead atoms. The molecule has 1 heterocycles. The van der Waals surface area contributed by atoms with Crippen molar-refractivity contribution in [2.75, 3.05) is 13.2 Å². The smallest absolute Gasteiger partial charge is 0.305 e. The van der Waals surface area contributed by atoms with Crippen molar-refractivity contribution in [2.45, 2.75) is 72.3 Å². The number of hydrogen-bond donors (Lipinski definition) is 0. The van der Waals surface area contributed by atoms with Crippen LogP contribution in [0.25, 0.3) is 10.9 Å². The van der Waals surface area contributed by atoms with Crippen molar-refractivity contribution in [3.63, 3.8) is 0 Å². The van der Waals surface area contributed by atoms with E-state index >= 15 is 0 Å². The van der Waals surface area contributed by atoms with Crippen LogP contribution in [0.15, 0.2) is 16.6 Å². The highest BCUT2D eigenvalue weighted by molar-refractivity contribution is 9.10. The molecule has 1 aromatic heterocycles. The summed E-state index contributed by atoms with van der Waals surface area (Å²) in [5.74, 6) is -0.709. The number of rotatable bonds is 12. The summed E-state index contributed by atoms with van der Waals surface area (Å²) in [6.45, 7) is 7.20. The molecule has 0 amide bonds. The molecule has 0 N–H and O–H groups in total. The van der Waals surface area contributed by atoms with Gasteiger partial charge in [0.1, 0.15) is 5.82 Å². The highest BCUT2D eigenvalue weighted by Crippen LogP contribution is 2.34. The van der Waals surface area contributed by atoms with E-state index in [1.807, 2.05) is 6.92 Å². The molecule has 7 heteroatoms. The third-order valence-electron chi connectivity index (χ3n) is 5.13. The molecule has 0 spiro atoms. The lowest BCUT2D eigenvalue weighted by molar-refractivity contribution is -0.144. The van der Waals surface area contributed by atoms with Gasteiger partial charge in [0.25, 0.3) is 0 Å². The van der Waals surface area contributed by atoms with E-state index in [-0.39, 0.29) is 17.8 Å². The van der Waals surface area contributed by atoms with Crippen LogP contribution in [0.2, 0.25) is 0 Å². The van der Waals surface area contributed by atoms with E-state index < -0.39 is 0 Å². The zero-order chi connectivity index (χ0) is 22.1. The van der Waals surface area contributed by atoms with Gasteiger partial charge in [0, 0.05) is 34.9 Å². The van der Waals surface area contributed by atoms with Gasteiger partial charge in [-0.1, -0.05) is 13.3 Å². The van der Waals surface area contributed by atoms with E-state index in [2.05, 4.69) is 27.4 Å². The Kier molecular flexibility index (Phi) is 9.82. The predicted molar refractivity (Wildman–Crippen MR) is 119 cm³/mol. The molecular weight excluding hydrogens is 453 g/mol. The zero-order valence-corrected chi connectivity index (χ0v) is 19.6. The maximum atomic E-state index is 14.8. The van der Waals surface area contributed by atoms with Gasteiger partial charge in [-0.25, -0.2) is 4.39 Å². The minimum atomic E-state index is -0.278. The van der Waals surface area contributed by atoms with Gasteiger partial charge in [-0.05, 0) is 73.2 Å². The molecule has 0 fully saturated rings. The molecule has 30 heavy (non-hydrogen) atoms. The second kappa shape index (κ2) is 12.1. The summed E-state index contributed by atoms with van der Waals surface area (Å²) in [5, 5.41) is 0.580. The van der Waals surface area contributed by atoms with Gasteiger partial charge in [-0.3, -0.25) is 9.59 Å². The number of halogens is 2. The molecule has 0 saturated heterocycles. The first-order valence-electron chi connectivity index (χ1n) is 10.7. The molecule has 1 aromatic carbocycles. The first-order valence-corrected chi connectivity index (χ1v) is 11.5. The number of benzene rings is 1. The Morgan fingerprint density at radius 1 is 1.07 bits per heavy atom. The highest BCUT2D eigenvalue weighted by atomic mass is 79.9. The lowest BCUT2D eigenvalue weighted by atomic mass is 10.0. The Morgan fingerprint density at radius 2 is 1.77 bits per heavy atom. The first kappa shape index (κ1) is 24.4. The van der Waals surface area contributed by atoms with E-state index in [0.29, 0.717) is 57.2 Å². The fourth-order valence-corrected chi connectivity index (χ4v) is 4.16. The molecule has 0 aliphatic rings. The molecule has 5 nitrogen and oxygen atoms in total. The number of aryl methyl sites for hydroxylation is 2. The van der Waals surface area contributed by atoms with Crippen LogP contribution in [0.3, 0.4) is 0 Å². The third-order valence-corrected chi connectivity index (χ3v) is 5.77. The highest BCUT2D eigenvalue weighted by Gasteiger charge is 2.20. The Labute approximate surface area is 186 Å². The molecule has 0 unspecified atom stereocenters. The van der Waals surface area contributed by atoms with E-state index in [1.54, 1.807) is 13.0 Å². The van der Waals surface area contributed by atoms with Gasteiger partial charge >= 0.3 is 11.9 Å². The SMILES string of the molecule is CCCCOC(=O)CCCn1c(C)c(CCCC(=O)OCC)c2c(F)ccc(Br)c21. The molecule has 166 valence electrons. The fraction of sp³-hybridized carbons (Fsp3) is 0.565. The molecule has 0 saturated carbocycles. The number of unbranched alkanes of at least 4 members (excludes halogenated alkanes) is 1. The number of fused-ring (bicyclic) bond motifs is 1. The summed E-state index contributed by atoms with van der Waals surface area (Å²) in [7, 11) is 0. The van der Waals surface area contributed by atoms with Crippen molar-refractivity contribution < 1.29 is 23.5 Å². The number of carbonyl (C=O) groups is 2. The zero-order valence-electron chi connectivity index (χ0n) is 18.1. The topological polar surface area (TPSA) is 57.5 Å². The second-order valence-electron chi connectivity index (χ2n) is 7.30. The quantitative estimate of drug-likeness (QED) is 0.280. The van der Waals surface area contributed by atoms with E-state index in [4.69, 9.17) is 9.47 Å². The number of ether oxygens (including phenoxy) is 2. The summed E-state index contributed by atoms with van der Waals surface area (Å²) in [6, 6.07) is 3.16. The average molecular weight is 484 g/mol. The molecule has 2 rings (SSSR count). The summed E-state index contributed by atoms with van der Waals surface area (Å²) >= 11 is 3.55. The molecule has 0 radical (unpaired) electrons. The second-order valence-corrected chi connectivity index (χ2v) is 8.16. The fourth-order valence-electron chi connectivity index (χ4n) is 3.62. The summed E-state index contributed by atoms with van der Waals surface area (Å²) in [6.07, 6.45) is 4.28. The van der Waals surface area contributed by atoms with Gasteiger partial charge in [0.15, 0.2) is 0 Å². The van der Waals surface area contributed by atoms with Crippen LogP contribution in [0.5, 0.6) is 0 Å². The number of carbonyl (C=O) groups excluding carboxylic acids is 2.